The molecule has 2 atom stereocenters. The molecule has 4 amide bonds. The summed E-state index contributed by atoms with van der Waals surface area (Å²) < 4.78 is 5.59. The van der Waals surface area contributed by atoms with E-state index in [9.17, 15) is 14.4 Å². The molecule has 7 nitrogen and oxygen atoms in total. The molecule has 2 saturated heterocycles. The molecule has 3 aliphatic rings. The summed E-state index contributed by atoms with van der Waals surface area (Å²) >= 11 is 0. The first-order valence-corrected chi connectivity index (χ1v) is 8.49. The summed E-state index contributed by atoms with van der Waals surface area (Å²) in [5.74, 6) is -0.244. The number of hydrogen-bond acceptors (Lipinski definition) is 4. The molecule has 1 saturated carbocycles. The summed E-state index contributed by atoms with van der Waals surface area (Å²) in [6, 6.07) is -0.448. The maximum absolute atomic E-state index is 12.6. The highest BCUT2D eigenvalue weighted by molar-refractivity contribution is 6.09. The number of ether oxygens (including phenoxy) is 1. The zero-order valence-corrected chi connectivity index (χ0v) is 13.8. The normalized spacial score (nSPS) is 31.5. The lowest BCUT2D eigenvalue weighted by atomic mass is 9.96. The Balaban J connectivity index is 1.61. The van der Waals surface area contributed by atoms with Crippen molar-refractivity contribution in [1.29, 1.82) is 0 Å². The van der Waals surface area contributed by atoms with E-state index in [1.54, 1.807) is 11.8 Å². The van der Waals surface area contributed by atoms with E-state index in [1.165, 1.54) is 0 Å². The molecular formula is C16H25N3O4. The molecule has 0 spiro atoms. The van der Waals surface area contributed by atoms with Gasteiger partial charge in [0, 0.05) is 19.7 Å². The van der Waals surface area contributed by atoms with Gasteiger partial charge in [-0.15, -0.1) is 0 Å². The van der Waals surface area contributed by atoms with Crippen LogP contribution < -0.4 is 5.32 Å². The Morgan fingerprint density at radius 1 is 1.35 bits per heavy atom. The van der Waals surface area contributed by atoms with Crippen molar-refractivity contribution < 1.29 is 19.1 Å². The average molecular weight is 323 g/mol. The Kier molecular flexibility index (Phi) is 4.31. The maximum atomic E-state index is 12.6. The van der Waals surface area contributed by atoms with E-state index < -0.39 is 11.6 Å². The van der Waals surface area contributed by atoms with E-state index >= 15 is 0 Å². The minimum absolute atomic E-state index is 0.0533. The first-order valence-electron chi connectivity index (χ1n) is 8.49. The van der Waals surface area contributed by atoms with Crippen LogP contribution in [0, 0.1) is 5.92 Å². The molecule has 3 fully saturated rings. The number of carbonyl (C=O) groups is 3. The Morgan fingerprint density at radius 3 is 2.74 bits per heavy atom. The first kappa shape index (κ1) is 16.2. The van der Waals surface area contributed by atoms with Crippen LogP contribution in [0.15, 0.2) is 0 Å². The quantitative estimate of drug-likeness (QED) is 0.757. The van der Waals surface area contributed by atoms with Crippen LogP contribution in [0.2, 0.25) is 0 Å². The Labute approximate surface area is 136 Å². The monoisotopic (exact) mass is 323 g/mol. The van der Waals surface area contributed by atoms with Gasteiger partial charge in [0.05, 0.1) is 6.10 Å². The molecular weight excluding hydrogens is 298 g/mol. The number of rotatable bonds is 5. The van der Waals surface area contributed by atoms with Gasteiger partial charge in [-0.1, -0.05) is 0 Å². The van der Waals surface area contributed by atoms with Crippen molar-refractivity contribution in [2.75, 3.05) is 26.2 Å². The van der Waals surface area contributed by atoms with E-state index in [-0.39, 0.29) is 30.4 Å². The van der Waals surface area contributed by atoms with Crippen LogP contribution in [0.5, 0.6) is 0 Å². The lowest BCUT2D eigenvalue weighted by molar-refractivity contribution is -0.141. The third-order valence-corrected chi connectivity index (χ3v) is 5.12. The number of likely N-dealkylation sites (tertiary alicyclic amines) is 1. The molecule has 0 aromatic rings. The first-order chi connectivity index (χ1) is 11.0. The molecule has 1 N–H and O–H groups in total. The van der Waals surface area contributed by atoms with Gasteiger partial charge in [-0.2, -0.15) is 0 Å². The van der Waals surface area contributed by atoms with Crippen LogP contribution in [0.25, 0.3) is 0 Å². The van der Waals surface area contributed by atoms with Crippen molar-refractivity contribution in [1.82, 2.24) is 15.1 Å². The second-order valence-electron chi connectivity index (χ2n) is 6.86. The van der Waals surface area contributed by atoms with Gasteiger partial charge in [0.25, 0.3) is 5.91 Å². The lowest BCUT2D eigenvalue weighted by Gasteiger charge is -2.33. The molecule has 0 radical (unpaired) electrons. The van der Waals surface area contributed by atoms with Gasteiger partial charge in [-0.25, -0.2) is 4.79 Å². The Bertz CT molecular complexity index is 517. The van der Waals surface area contributed by atoms with Gasteiger partial charge in [0.2, 0.25) is 5.91 Å². The number of imide groups is 1. The van der Waals surface area contributed by atoms with E-state index in [4.69, 9.17) is 4.74 Å². The molecule has 2 heterocycles. The molecule has 1 aliphatic carbocycles. The van der Waals surface area contributed by atoms with Crippen LogP contribution in [0.4, 0.5) is 4.79 Å². The van der Waals surface area contributed by atoms with Crippen molar-refractivity contribution in [3.05, 3.63) is 0 Å². The SMILES string of the molecule is CCO[C@H]1CCCN(C(=O)CN2C(=O)N[C@](C)(C3CC3)C2=O)C1. The minimum Gasteiger partial charge on any atom is -0.377 e. The zero-order chi connectivity index (χ0) is 16.6. The number of nitrogens with zero attached hydrogens (tertiary/aromatic N) is 2. The zero-order valence-electron chi connectivity index (χ0n) is 13.8. The summed E-state index contributed by atoms with van der Waals surface area (Å²) in [5.41, 5.74) is -0.826. The number of nitrogens with one attached hydrogen (secondary N) is 1. The molecule has 0 bridgehead atoms. The summed E-state index contributed by atoms with van der Waals surface area (Å²) in [6.07, 6.45) is 3.79. The lowest BCUT2D eigenvalue weighted by Crippen LogP contribution is -2.49. The van der Waals surface area contributed by atoms with Crippen molar-refractivity contribution in [2.24, 2.45) is 5.92 Å². The Morgan fingerprint density at radius 2 is 2.09 bits per heavy atom. The van der Waals surface area contributed by atoms with Crippen molar-refractivity contribution in [3.8, 4) is 0 Å². The van der Waals surface area contributed by atoms with E-state index in [0.29, 0.717) is 19.7 Å². The van der Waals surface area contributed by atoms with Crippen LogP contribution >= 0.6 is 0 Å². The molecule has 2 aliphatic heterocycles. The van der Waals surface area contributed by atoms with Crippen LogP contribution in [0.3, 0.4) is 0 Å². The number of hydrogen-bond donors (Lipinski definition) is 1. The minimum atomic E-state index is -0.826. The van der Waals surface area contributed by atoms with Gasteiger partial charge in [-0.3, -0.25) is 14.5 Å². The summed E-state index contributed by atoms with van der Waals surface area (Å²) in [7, 11) is 0. The number of carbonyl (C=O) groups excluding carboxylic acids is 3. The highest BCUT2D eigenvalue weighted by Crippen LogP contribution is 2.42. The topological polar surface area (TPSA) is 79.0 Å². The average Bonchev–Trinajstić information content (AvgIpc) is 3.34. The molecule has 23 heavy (non-hydrogen) atoms. The van der Waals surface area contributed by atoms with Crippen LogP contribution in [-0.2, 0) is 14.3 Å². The molecule has 0 unspecified atom stereocenters. The van der Waals surface area contributed by atoms with E-state index in [2.05, 4.69) is 5.32 Å². The number of piperidine rings is 1. The van der Waals surface area contributed by atoms with Gasteiger partial charge in [-0.05, 0) is 45.4 Å². The smallest absolute Gasteiger partial charge is 0.325 e. The van der Waals surface area contributed by atoms with Crippen LogP contribution in [-0.4, -0.2) is 65.5 Å². The fourth-order valence-corrected chi connectivity index (χ4v) is 3.57. The van der Waals surface area contributed by atoms with Crippen molar-refractivity contribution >= 4 is 17.8 Å². The molecule has 3 rings (SSSR count). The third kappa shape index (κ3) is 3.06. The second-order valence-corrected chi connectivity index (χ2v) is 6.86. The summed E-state index contributed by atoms with van der Waals surface area (Å²) in [6.45, 7) is 5.35. The van der Waals surface area contributed by atoms with Gasteiger partial charge in [0.1, 0.15) is 12.1 Å². The number of urea groups is 1. The van der Waals surface area contributed by atoms with Crippen LogP contribution in [0.1, 0.15) is 39.5 Å². The van der Waals surface area contributed by atoms with E-state index in [1.807, 2.05) is 6.92 Å². The van der Waals surface area contributed by atoms with E-state index in [0.717, 1.165) is 30.6 Å². The second kappa shape index (κ2) is 6.11. The van der Waals surface area contributed by atoms with Gasteiger partial charge >= 0.3 is 6.03 Å². The standard InChI is InChI=1S/C16H25N3O4/c1-3-23-12-5-4-8-18(9-12)13(20)10-19-14(21)16(2,11-6-7-11)17-15(19)22/h11-12H,3-10H2,1-2H3,(H,17,22)/t12-,16+/m0/s1. The molecule has 0 aromatic carbocycles. The summed E-state index contributed by atoms with van der Waals surface area (Å²) in [4.78, 5) is 39.9. The summed E-state index contributed by atoms with van der Waals surface area (Å²) in [5, 5.41) is 2.77. The Hall–Kier alpha value is -1.63. The predicted octanol–water partition coefficient (Wildman–Crippen LogP) is 0.734. The van der Waals surface area contributed by atoms with Gasteiger partial charge in [0.15, 0.2) is 0 Å². The maximum Gasteiger partial charge on any atom is 0.325 e. The number of amides is 4. The largest absolute Gasteiger partial charge is 0.377 e. The predicted molar refractivity (Wildman–Crippen MR) is 82.6 cm³/mol. The van der Waals surface area contributed by atoms with Crippen molar-refractivity contribution in [2.45, 2.75) is 51.2 Å². The molecule has 0 aromatic heterocycles. The van der Waals surface area contributed by atoms with Gasteiger partial charge < -0.3 is 15.0 Å². The highest BCUT2D eigenvalue weighted by atomic mass is 16.5. The fourth-order valence-electron chi connectivity index (χ4n) is 3.57. The highest BCUT2D eigenvalue weighted by Gasteiger charge is 2.56. The van der Waals surface area contributed by atoms with Crippen molar-refractivity contribution in [3.63, 3.8) is 0 Å². The molecule has 128 valence electrons. The fraction of sp³-hybridized carbons (Fsp3) is 0.812. The molecule has 7 heteroatoms. The third-order valence-electron chi connectivity index (χ3n) is 5.12.